The smallest absolute Gasteiger partial charge is 0.304 e. The zero-order chi connectivity index (χ0) is 17.8. The summed E-state index contributed by atoms with van der Waals surface area (Å²) in [5, 5.41) is 10.2. The van der Waals surface area contributed by atoms with Crippen LogP contribution >= 0.6 is 22.9 Å². The Kier molecular flexibility index (Phi) is 6.15. The monoisotopic (exact) mass is 382 g/mol. The highest BCUT2D eigenvalue weighted by Crippen LogP contribution is 2.35. The van der Waals surface area contributed by atoms with Gasteiger partial charge in [0.15, 0.2) is 8.55 Å². The van der Waals surface area contributed by atoms with E-state index in [1.54, 1.807) is 0 Å². The lowest BCUT2D eigenvalue weighted by Crippen LogP contribution is -2.10. The second-order valence-electron chi connectivity index (χ2n) is 3.83. The van der Waals surface area contributed by atoms with Gasteiger partial charge in [-0.3, -0.25) is 19.5 Å². The summed E-state index contributed by atoms with van der Waals surface area (Å²) in [4.78, 5) is 19.8. The van der Waals surface area contributed by atoms with E-state index in [0.717, 1.165) is 0 Å². The van der Waals surface area contributed by atoms with Gasteiger partial charge in [-0.15, -0.1) is 11.3 Å². The maximum absolute atomic E-state index is 12.2. The van der Waals surface area contributed by atoms with Crippen LogP contribution in [0.5, 0.6) is 0 Å². The molecule has 0 saturated carbocycles. The van der Waals surface area contributed by atoms with Crippen molar-refractivity contribution in [1.29, 1.82) is 0 Å². The van der Waals surface area contributed by atoms with Crippen LogP contribution in [0.3, 0.4) is 0 Å². The lowest BCUT2D eigenvalue weighted by atomic mass is 10.2. The van der Waals surface area contributed by atoms with Gasteiger partial charge in [0.1, 0.15) is 5.82 Å². The fraction of sp³-hybridized carbons (Fsp3) is 0. The van der Waals surface area contributed by atoms with Crippen molar-refractivity contribution in [1.82, 2.24) is 0 Å². The predicted molar refractivity (Wildman–Crippen MR) is 80.7 cm³/mol. The van der Waals surface area contributed by atoms with E-state index >= 15 is 0 Å². The van der Waals surface area contributed by atoms with E-state index in [1.165, 1.54) is 24.3 Å². The molecule has 124 valence electrons. The Morgan fingerprint density at radius 3 is 2.17 bits per heavy atom. The molecule has 1 heterocycles. The molecule has 1 aromatic carbocycles. The molecule has 2 rings (SSSR count). The molecule has 1 amide bonds. The number of nitro groups is 1. The third-order valence-corrected chi connectivity index (χ3v) is 4.87. The molecule has 0 saturated heterocycles. The van der Waals surface area contributed by atoms with Crippen LogP contribution in [0.15, 0.2) is 34.5 Å². The Morgan fingerprint density at radius 2 is 1.87 bits per heavy atom. The van der Waals surface area contributed by atoms with Crippen molar-refractivity contribution in [3.8, 4) is 0 Å². The summed E-state index contributed by atoms with van der Waals surface area (Å²) in [5.41, 5.74) is 4.69. The fourth-order valence-corrected chi connectivity index (χ4v) is 3.23. The standard InChI is InChI=1S/C7H6FNO.C4H2ClNO5S2/c8-6-3-1-5(2-4-6)7(9)10;5-4-2(6(7)8)1-3(12-4)13(9,10)11/h1-4H,(H2,9,10);1H,(H,9,10,11). The molecule has 2 aromatic rings. The van der Waals surface area contributed by atoms with Crippen molar-refractivity contribution < 1.29 is 27.1 Å². The van der Waals surface area contributed by atoms with Gasteiger partial charge in [0, 0.05) is 11.6 Å². The summed E-state index contributed by atoms with van der Waals surface area (Å²) in [6, 6.07) is 5.79. The molecule has 0 fully saturated rings. The van der Waals surface area contributed by atoms with Gasteiger partial charge < -0.3 is 5.73 Å². The minimum Gasteiger partial charge on any atom is -0.366 e. The lowest BCUT2D eigenvalue weighted by molar-refractivity contribution is -0.384. The average molecular weight is 383 g/mol. The summed E-state index contributed by atoms with van der Waals surface area (Å²) in [6.07, 6.45) is 0. The van der Waals surface area contributed by atoms with Gasteiger partial charge >= 0.3 is 10.1 Å². The largest absolute Gasteiger partial charge is 0.366 e. The molecule has 0 unspecified atom stereocenters. The quantitative estimate of drug-likeness (QED) is 0.474. The number of carbonyl (C=O) groups is 1. The Labute approximate surface area is 138 Å². The highest BCUT2D eigenvalue weighted by Gasteiger charge is 2.23. The first-order valence-electron chi connectivity index (χ1n) is 5.49. The summed E-state index contributed by atoms with van der Waals surface area (Å²) in [6.45, 7) is 0. The van der Waals surface area contributed by atoms with Crippen LogP contribution in [0.25, 0.3) is 0 Å². The van der Waals surface area contributed by atoms with E-state index in [2.05, 4.69) is 0 Å². The number of halogens is 2. The third kappa shape index (κ3) is 5.56. The van der Waals surface area contributed by atoms with Gasteiger partial charge in [0.05, 0.1) is 4.92 Å². The van der Waals surface area contributed by atoms with Crippen molar-refractivity contribution in [2.75, 3.05) is 0 Å². The van der Waals surface area contributed by atoms with Crippen molar-refractivity contribution in [3.63, 3.8) is 0 Å². The molecular weight excluding hydrogens is 375 g/mol. The number of thiophene rings is 1. The molecule has 0 radical (unpaired) electrons. The zero-order valence-electron chi connectivity index (χ0n) is 11.0. The average Bonchev–Trinajstić information content (AvgIpc) is 2.82. The van der Waals surface area contributed by atoms with Crippen LogP contribution in [-0.4, -0.2) is 23.8 Å². The van der Waals surface area contributed by atoms with Crippen molar-refractivity contribution >= 4 is 44.7 Å². The van der Waals surface area contributed by atoms with Gasteiger partial charge in [0.2, 0.25) is 5.91 Å². The highest BCUT2D eigenvalue weighted by atomic mass is 35.5. The van der Waals surface area contributed by atoms with Crippen molar-refractivity contribution in [3.05, 3.63) is 56.2 Å². The Balaban J connectivity index is 0.000000238. The van der Waals surface area contributed by atoms with E-state index in [-0.39, 0.29) is 10.2 Å². The molecule has 0 aliphatic carbocycles. The molecule has 0 bridgehead atoms. The minimum atomic E-state index is -4.41. The van der Waals surface area contributed by atoms with Gasteiger partial charge in [-0.25, -0.2) is 4.39 Å². The second kappa shape index (κ2) is 7.46. The number of hydrogen-bond donors (Lipinski definition) is 2. The van der Waals surface area contributed by atoms with E-state index in [1.807, 2.05) is 0 Å². The number of benzene rings is 1. The maximum atomic E-state index is 12.2. The first-order valence-corrected chi connectivity index (χ1v) is 8.12. The normalized spacial score (nSPS) is 10.6. The number of nitrogens with zero attached hydrogens (tertiary/aromatic N) is 1. The van der Waals surface area contributed by atoms with Crippen LogP contribution in [0.2, 0.25) is 4.34 Å². The van der Waals surface area contributed by atoms with Crippen LogP contribution in [0.1, 0.15) is 10.4 Å². The molecule has 23 heavy (non-hydrogen) atoms. The molecule has 12 heteroatoms. The molecule has 0 aliphatic rings. The van der Waals surface area contributed by atoms with E-state index in [0.29, 0.717) is 23.0 Å². The van der Waals surface area contributed by atoms with Gasteiger partial charge in [-0.1, -0.05) is 11.6 Å². The number of rotatable bonds is 3. The highest BCUT2D eigenvalue weighted by molar-refractivity contribution is 7.88. The summed E-state index contributed by atoms with van der Waals surface area (Å²) in [5.74, 6) is -0.912. The zero-order valence-corrected chi connectivity index (χ0v) is 13.4. The summed E-state index contributed by atoms with van der Waals surface area (Å²) < 4.78 is 40.9. The second-order valence-corrected chi connectivity index (χ2v) is 7.13. The molecule has 0 spiro atoms. The van der Waals surface area contributed by atoms with E-state index < -0.39 is 30.8 Å². The summed E-state index contributed by atoms with van der Waals surface area (Å²) in [7, 11) is -4.41. The van der Waals surface area contributed by atoms with Crippen LogP contribution in [-0.2, 0) is 10.1 Å². The van der Waals surface area contributed by atoms with Gasteiger partial charge in [-0.05, 0) is 24.3 Å². The lowest BCUT2D eigenvalue weighted by Gasteiger charge is -1.91. The van der Waals surface area contributed by atoms with E-state index in [4.69, 9.17) is 21.9 Å². The molecule has 0 aliphatic heterocycles. The van der Waals surface area contributed by atoms with Crippen molar-refractivity contribution in [2.24, 2.45) is 5.73 Å². The molecule has 3 N–H and O–H groups in total. The number of carbonyl (C=O) groups excluding carboxylic acids is 1. The maximum Gasteiger partial charge on any atom is 0.304 e. The third-order valence-electron chi connectivity index (χ3n) is 2.23. The molecular formula is C11H8ClFN2O6S2. The van der Waals surface area contributed by atoms with Crippen LogP contribution < -0.4 is 5.73 Å². The number of primary amides is 1. The topological polar surface area (TPSA) is 141 Å². The molecule has 1 aromatic heterocycles. The van der Waals surface area contributed by atoms with Crippen LogP contribution in [0.4, 0.5) is 10.1 Å². The Hall–Kier alpha value is -2.08. The van der Waals surface area contributed by atoms with Crippen molar-refractivity contribution in [2.45, 2.75) is 4.21 Å². The van der Waals surface area contributed by atoms with Gasteiger partial charge in [-0.2, -0.15) is 8.42 Å². The fourth-order valence-electron chi connectivity index (χ4n) is 1.20. The number of nitrogens with two attached hydrogens (primary N) is 1. The number of amides is 1. The minimum absolute atomic E-state index is 0.280. The SMILES string of the molecule is NC(=O)c1ccc(F)cc1.O=[N+]([O-])c1cc(S(=O)(=O)O)sc1Cl. The van der Waals surface area contributed by atoms with Gasteiger partial charge in [0.25, 0.3) is 5.69 Å². The molecule has 8 nitrogen and oxygen atoms in total. The first kappa shape index (κ1) is 19.0. The molecule has 0 atom stereocenters. The van der Waals surface area contributed by atoms with Crippen LogP contribution in [0, 0.1) is 15.9 Å². The predicted octanol–water partition coefficient (Wildman–Crippen LogP) is 2.48. The first-order chi connectivity index (χ1) is 10.5. The van der Waals surface area contributed by atoms with E-state index in [9.17, 15) is 27.7 Å². The number of hydrogen-bond acceptors (Lipinski definition) is 6. The Bertz CT molecular complexity index is 835. The summed E-state index contributed by atoms with van der Waals surface area (Å²) >= 11 is 5.78. The Morgan fingerprint density at radius 1 is 1.35 bits per heavy atom.